The molecule has 0 bridgehead atoms. The largest absolute Gasteiger partial charge is 0.383 e. The SMILES string of the molecule is COCCn1c(SC[C@@H]2CC2(Cl)Cl)nc2ccc(Br)cc2c1=O. The van der Waals surface area contributed by atoms with E-state index in [0.717, 1.165) is 16.6 Å². The molecule has 2 aromatic rings. The molecule has 0 radical (unpaired) electrons. The van der Waals surface area contributed by atoms with Crippen molar-refractivity contribution in [3.63, 3.8) is 0 Å². The highest BCUT2D eigenvalue weighted by Gasteiger charge is 2.51. The molecule has 1 fully saturated rings. The molecule has 4 nitrogen and oxygen atoms in total. The first kappa shape index (κ1) is 17.5. The Bertz CT molecular complexity index is 797. The lowest BCUT2D eigenvalue weighted by Gasteiger charge is -2.13. The van der Waals surface area contributed by atoms with E-state index in [-0.39, 0.29) is 11.5 Å². The molecule has 0 aliphatic heterocycles. The van der Waals surface area contributed by atoms with E-state index >= 15 is 0 Å². The third-order valence-corrected chi connectivity index (χ3v) is 6.33. The number of hydrogen-bond donors (Lipinski definition) is 0. The standard InChI is InChI=1S/C15H15BrCl2N2O2S/c1-22-5-4-20-13(21)11-6-10(16)2-3-12(11)19-14(20)23-8-9-7-15(9,17)18/h2-3,6,9H,4-5,7-8H2,1H3/t9-/m0/s1. The van der Waals surface area contributed by atoms with Crippen LogP contribution >= 0.6 is 50.9 Å². The van der Waals surface area contributed by atoms with E-state index in [1.165, 1.54) is 11.8 Å². The van der Waals surface area contributed by atoms with E-state index in [1.807, 2.05) is 12.1 Å². The van der Waals surface area contributed by atoms with E-state index in [4.69, 9.17) is 27.9 Å². The van der Waals surface area contributed by atoms with E-state index in [1.54, 1.807) is 17.7 Å². The van der Waals surface area contributed by atoms with E-state index < -0.39 is 4.33 Å². The number of alkyl halides is 2. The number of halogens is 3. The van der Waals surface area contributed by atoms with Crippen molar-refractivity contribution in [3.8, 4) is 0 Å². The molecular weight excluding hydrogens is 423 g/mol. The molecule has 0 N–H and O–H groups in total. The molecule has 1 saturated carbocycles. The molecule has 3 rings (SSSR count). The zero-order chi connectivity index (χ0) is 16.6. The number of rotatable bonds is 6. The number of methoxy groups -OCH3 is 1. The topological polar surface area (TPSA) is 44.1 Å². The van der Waals surface area contributed by atoms with Crippen LogP contribution in [0.2, 0.25) is 0 Å². The predicted octanol–water partition coefficient (Wildman–Crippen LogP) is 4.09. The predicted molar refractivity (Wildman–Crippen MR) is 98.8 cm³/mol. The van der Waals surface area contributed by atoms with Gasteiger partial charge in [0.25, 0.3) is 5.56 Å². The number of aromatic nitrogens is 2. The van der Waals surface area contributed by atoms with Crippen LogP contribution in [0.15, 0.2) is 32.6 Å². The van der Waals surface area contributed by atoms with Crippen molar-refractivity contribution in [2.75, 3.05) is 19.5 Å². The van der Waals surface area contributed by atoms with Crippen molar-refractivity contribution in [3.05, 3.63) is 33.0 Å². The third-order valence-electron chi connectivity index (χ3n) is 3.77. The maximum absolute atomic E-state index is 12.8. The zero-order valence-corrected chi connectivity index (χ0v) is 16.3. The van der Waals surface area contributed by atoms with Crippen molar-refractivity contribution >= 4 is 61.8 Å². The number of nitrogens with zero attached hydrogens (tertiary/aromatic N) is 2. The highest BCUT2D eigenvalue weighted by atomic mass is 79.9. The summed E-state index contributed by atoms with van der Waals surface area (Å²) in [6, 6.07) is 5.52. The van der Waals surface area contributed by atoms with Gasteiger partial charge >= 0.3 is 0 Å². The molecule has 1 aromatic carbocycles. The van der Waals surface area contributed by atoms with Crippen LogP contribution in [0.1, 0.15) is 6.42 Å². The van der Waals surface area contributed by atoms with Crippen LogP contribution < -0.4 is 5.56 Å². The van der Waals surface area contributed by atoms with Gasteiger partial charge in [0.1, 0.15) is 4.33 Å². The summed E-state index contributed by atoms with van der Waals surface area (Å²) in [7, 11) is 1.61. The number of thioether (sulfide) groups is 1. The van der Waals surface area contributed by atoms with Gasteiger partial charge in [-0.25, -0.2) is 4.98 Å². The molecule has 8 heteroatoms. The molecule has 0 unspecified atom stereocenters. The lowest BCUT2D eigenvalue weighted by atomic mass is 10.2. The van der Waals surface area contributed by atoms with Gasteiger partial charge in [-0.3, -0.25) is 9.36 Å². The second-order valence-corrected chi connectivity index (χ2v) is 8.92. The van der Waals surface area contributed by atoms with Gasteiger partial charge in [0, 0.05) is 23.3 Å². The number of hydrogen-bond acceptors (Lipinski definition) is 4. The molecular formula is C15H15BrCl2N2O2S. The minimum Gasteiger partial charge on any atom is -0.383 e. The van der Waals surface area contributed by atoms with Gasteiger partial charge < -0.3 is 4.74 Å². The van der Waals surface area contributed by atoms with Crippen molar-refractivity contribution in [2.45, 2.75) is 22.5 Å². The highest BCUT2D eigenvalue weighted by molar-refractivity contribution is 9.10. The monoisotopic (exact) mass is 436 g/mol. The van der Waals surface area contributed by atoms with Gasteiger partial charge in [0.2, 0.25) is 0 Å². The van der Waals surface area contributed by atoms with Crippen LogP contribution in [0.25, 0.3) is 10.9 Å². The van der Waals surface area contributed by atoms with Crippen molar-refractivity contribution in [1.82, 2.24) is 9.55 Å². The highest BCUT2D eigenvalue weighted by Crippen LogP contribution is 2.54. The molecule has 1 heterocycles. The number of ether oxygens (including phenoxy) is 1. The summed E-state index contributed by atoms with van der Waals surface area (Å²) in [6.45, 7) is 0.914. The molecule has 124 valence electrons. The fourth-order valence-corrected chi connectivity index (χ4v) is 4.60. The van der Waals surface area contributed by atoms with Gasteiger partial charge in [-0.05, 0) is 24.6 Å². The van der Waals surface area contributed by atoms with Crippen LogP contribution in [0, 0.1) is 5.92 Å². The quantitative estimate of drug-likeness (QED) is 0.387. The van der Waals surface area contributed by atoms with Gasteiger partial charge in [0.15, 0.2) is 5.16 Å². The summed E-state index contributed by atoms with van der Waals surface area (Å²) in [4.78, 5) is 17.4. The third kappa shape index (κ3) is 3.87. The second-order valence-electron chi connectivity index (χ2n) is 5.48. The van der Waals surface area contributed by atoms with Gasteiger partial charge in [-0.1, -0.05) is 27.7 Å². The van der Waals surface area contributed by atoms with E-state index in [2.05, 4.69) is 20.9 Å². The Hall–Kier alpha value is -0.270. The maximum Gasteiger partial charge on any atom is 0.262 e. The first-order valence-electron chi connectivity index (χ1n) is 7.12. The lowest BCUT2D eigenvalue weighted by Crippen LogP contribution is -2.25. The first-order valence-corrected chi connectivity index (χ1v) is 9.65. The molecule has 0 amide bonds. The molecule has 1 aliphatic rings. The van der Waals surface area contributed by atoms with Crippen molar-refractivity contribution in [1.29, 1.82) is 0 Å². The summed E-state index contributed by atoms with van der Waals surface area (Å²) >= 11 is 17.1. The summed E-state index contributed by atoms with van der Waals surface area (Å²) in [5.41, 5.74) is 0.628. The summed E-state index contributed by atoms with van der Waals surface area (Å²) in [5, 5.41) is 1.27. The van der Waals surface area contributed by atoms with Gasteiger partial charge in [-0.2, -0.15) is 0 Å². The van der Waals surface area contributed by atoms with Crippen LogP contribution in [0.3, 0.4) is 0 Å². The van der Waals surface area contributed by atoms with Crippen LogP contribution in [0.5, 0.6) is 0 Å². The molecule has 1 aliphatic carbocycles. The Morgan fingerprint density at radius 1 is 1.52 bits per heavy atom. The lowest BCUT2D eigenvalue weighted by molar-refractivity contribution is 0.183. The number of benzene rings is 1. The maximum atomic E-state index is 12.8. The van der Waals surface area contributed by atoms with Crippen molar-refractivity contribution < 1.29 is 4.74 Å². The van der Waals surface area contributed by atoms with Crippen LogP contribution in [-0.2, 0) is 11.3 Å². The summed E-state index contributed by atoms with van der Waals surface area (Å²) in [5.74, 6) is 0.985. The Morgan fingerprint density at radius 2 is 2.26 bits per heavy atom. The molecule has 0 saturated heterocycles. The minimum absolute atomic E-state index is 0.0605. The summed E-state index contributed by atoms with van der Waals surface area (Å²) in [6.07, 6.45) is 0.784. The zero-order valence-electron chi connectivity index (χ0n) is 12.4. The van der Waals surface area contributed by atoms with E-state index in [9.17, 15) is 4.79 Å². The Labute approximate surface area is 156 Å². The van der Waals surface area contributed by atoms with Crippen molar-refractivity contribution in [2.24, 2.45) is 5.92 Å². The smallest absolute Gasteiger partial charge is 0.262 e. The Kier molecular flexibility index (Phi) is 5.28. The second kappa shape index (κ2) is 6.92. The summed E-state index contributed by atoms with van der Waals surface area (Å²) < 4.78 is 7.01. The number of fused-ring (bicyclic) bond motifs is 1. The van der Waals surface area contributed by atoms with E-state index in [0.29, 0.717) is 29.2 Å². The molecule has 23 heavy (non-hydrogen) atoms. The van der Waals surface area contributed by atoms with Crippen LogP contribution in [0.4, 0.5) is 0 Å². The Morgan fingerprint density at radius 3 is 2.91 bits per heavy atom. The molecule has 1 atom stereocenters. The normalized spacial score (nSPS) is 19.2. The molecule has 1 aromatic heterocycles. The average Bonchev–Trinajstić information content (AvgIpc) is 3.12. The minimum atomic E-state index is -0.619. The fraction of sp³-hybridized carbons (Fsp3) is 0.467. The van der Waals surface area contributed by atoms with Gasteiger partial charge in [-0.15, -0.1) is 23.2 Å². The van der Waals surface area contributed by atoms with Gasteiger partial charge in [0.05, 0.1) is 24.1 Å². The fourth-order valence-electron chi connectivity index (χ4n) is 2.29. The average molecular weight is 438 g/mol. The molecule has 0 spiro atoms. The Balaban J connectivity index is 1.96. The van der Waals surface area contributed by atoms with Crippen LogP contribution in [-0.4, -0.2) is 33.4 Å². The first-order chi connectivity index (χ1) is 10.9.